The summed E-state index contributed by atoms with van der Waals surface area (Å²) in [6.07, 6.45) is 3.57. The number of nitrogens with zero attached hydrogens (tertiary/aromatic N) is 7. The molecule has 1 unspecified atom stereocenters. The zero-order chi connectivity index (χ0) is 23.7. The number of carbonyl (C=O) groups excluding carboxylic acids is 1. The Morgan fingerprint density at radius 3 is 2.88 bits per heavy atom. The van der Waals surface area contributed by atoms with Crippen LogP contribution in [0.5, 0.6) is 0 Å². The third-order valence-corrected chi connectivity index (χ3v) is 5.74. The molecule has 0 radical (unpaired) electrons. The molecular weight excluding hydrogens is 437 g/mol. The highest BCUT2D eigenvalue weighted by Crippen LogP contribution is 2.27. The van der Waals surface area contributed by atoms with Crippen LogP contribution < -0.4 is 5.01 Å². The molecule has 2 aromatic heterocycles. The van der Waals surface area contributed by atoms with E-state index in [0.29, 0.717) is 31.1 Å². The van der Waals surface area contributed by atoms with Crippen LogP contribution in [0.25, 0.3) is 22.4 Å². The van der Waals surface area contributed by atoms with Crippen molar-refractivity contribution in [1.82, 2.24) is 19.1 Å². The van der Waals surface area contributed by atoms with Gasteiger partial charge in [0.1, 0.15) is 17.5 Å². The van der Waals surface area contributed by atoms with Crippen LogP contribution in [0.2, 0.25) is 0 Å². The summed E-state index contributed by atoms with van der Waals surface area (Å²) in [5, 5.41) is 9.86. The van der Waals surface area contributed by atoms with Gasteiger partial charge in [0.25, 0.3) is 0 Å². The Bertz CT molecular complexity index is 1380. The minimum atomic E-state index is -0.623. The van der Waals surface area contributed by atoms with Crippen LogP contribution in [0, 0.1) is 5.82 Å². The Morgan fingerprint density at radius 2 is 2.09 bits per heavy atom. The molecule has 0 saturated heterocycles. The van der Waals surface area contributed by atoms with Gasteiger partial charge in [-0.15, -0.1) is 0 Å². The summed E-state index contributed by atoms with van der Waals surface area (Å²) >= 11 is 0. The number of aryl methyl sites for hydroxylation is 1. The van der Waals surface area contributed by atoms with Crippen molar-refractivity contribution in [1.29, 1.82) is 0 Å². The molecule has 0 aliphatic carbocycles. The van der Waals surface area contributed by atoms with Gasteiger partial charge in [0.2, 0.25) is 0 Å². The van der Waals surface area contributed by atoms with E-state index < -0.39 is 6.04 Å². The van der Waals surface area contributed by atoms with Gasteiger partial charge in [0.05, 0.1) is 36.4 Å². The van der Waals surface area contributed by atoms with Crippen molar-refractivity contribution in [3.05, 3.63) is 66.5 Å². The lowest BCUT2D eigenvalue weighted by molar-refractivity contribution is -0.144. The topological polar surface area (TPSA) is 89.9 Å². The number of esters is 1. The number of benzene rings is 2. The number of carbonyl (C=O) groups is 1. The van der Waals surface area contributed by atoms with Gasteiger partial charge in [-0.2, -0.15) is 5.11 Å². The average Bonchev–Trinajstić information content (AvgIpc) is 3.57. The summed E-state index contributed by atoms with van der Waals surface area (Å²) in [5.41, 5.74) is 3.32. The number of imidazole rings is 2. The molecule has 0 saturated carbocycles. The summed E-state index contributed by atoms with van der Waals surface area (Å²) in [4.78, 5) is 21.3. The maximum Gasteiger partial charge on any atom is 0.334 e. The third-order valence-electron chi connectivity index (χ3n) is 5.74. The first-order valence-electron chi connectivity index (χ1n) is 11.2. The largest absolute Gasteiger partial charge is 0.464 e. The van der Waals surface area contributed by atoms with Crippen LogP contribution in [-0.2, 0) is 22.6 Å². The van der Waals surface area contributed by atoms with Crippen LogP contribution in [0.1, 0.15) is 19.7 Å². The quantitative estimate of drug-likeness (QED) is 0.384. The zero-order valence-corrected chi connectivity index (χ0v) is 18.9. The standard InChI is InChI=1S/C24H24FN7O2/c1-3-31-21-9-8-18(32-14-20(28-29-32)24(33)34-4-2)13-19(21)27-22(31)15-30-11-10-26-23(30)16-6-5-7-17(25)12-16/h5-13,20H,3-4,14-15H2,1-2H3. The molecule has 10 heteroatoms. The van der Waals surface area contributed by atoms with E-state index in [1.54, 1.807) is 24.2 Å². The minimum absolute atomic E-state index is 0.301. The molecular formula is C24H24FN7O2. The van der Waals surface area contributed by atoms with E-state index >= 15 is 0 Å². The van der Waals surface area contributed by atoms with E-state index in [1.165, 1.54) is 12.1 Å². The van der Waals surface area contributed by atoms with Crippen molar-refractivity contribution in [3.8, 4) is 11.4 Å². The highest BCUT2D eigenvalue weighted by atomic mass is 19.1. The molecule has 5 rings (SSSR count). The second-order valence-electron chi connectivity index (χ2n) is 7.89. The van der Waals surface area contributed by atoms with Gasteiger partial charge in [0, 0.05) is 24.5 Å². The molecule has 2 aromatic carbocycles. The van der Waals surface area contributed by atoms with Gasteiger partial charge < -0.3 is 13.9 Å². The van der Waals surface area contributed by atoms with Crippen molar-refractivity contribution in [2.24, 2.45) is 10.3 Å². The Kier molecular flexibility index (Phi) is 5.79. The van der Waals surface area contributed by atoms with Gasteiger partial charge in [-0.1, -0.05) is 17.4 Å². The second kappa shape index (κ2) is 9.05. The van der Waals surface area contributed by atoms with Crippen LogP contribution >= 0.6 is 0 Å². The molecule has 174 valence electrons. The fourth-order valence-electron chi connectivity index (χ4n) is 4.16. The summed E-state index contributed by atoms with van der Waals surface area (Å²) in [5.74, 6) is 0.863. The number of hydrogen-bond acceptors (Lipinski definition) is 7. The first-order chi connectivity index (χ1) is 16.6. The summed E-state index contributed by atoms with van der Waals surface area (Å²) in [7, 11) is 0. The lowest BCUT2D eigenvalue weighted by Gasteiger charge is -2.13. The Hall–Kier alpha value is -4.08. The van der Waals surface area contributed by atoms with Gasteiger partial charge >= 0.3 is 5.97 Å². The van der Waals surface area contributed by atoms with E-state index in [0.717, 1.165) is 29.1 Å². The maximum atomic E-state index is 13.8. The molecule has 1 aliphatic rings. The first kappa shape index (κ1) is 21.7. The monoisotopic (exact) mass is 461 g/mol. The predicted octanol–water partition coefficient (Wildman–Crippen LogP) is 4.23. The molecule has 0 bridgehead atoms. The van der Waals surface area contributed by atoms with Crippen molar-refractivity contribution >= 4 is 22.7 Å². The van der Waals surface area contributed by atoms with E-state index in [9.17, 15) is 9.18 Å². The number of halogens is 1. The Labute approximate surface area is 195 Å². The maximum absolute atomic E-state index is 13.8. The predicted molar refractivity (Wildman–Crippen MR) is 125 cm³/mol. The van der Waals surface area contributed by atoms with Crippen molar-refractivity contribution in [2.75, 3.05) is 18.2 Å². The van der Waals surface area contributed by atoms with Crippen LogP contribution in [0.15, 0.2) is 65.2 Å². The number of ether oxygens (including phenoxy) is 1. The minimum Gasteiger partial charge on any atom is -0.464 e. The first-order valence-corrected chi connectivity index (χ1v) is 11.2. The third kappa shape index (κ3) is 4.02. The van der Waals surface area contributed by atoms with Crippen molar-refractivity contribution in [2.45, 2.75) is 33.0 Å². The molecule has 9 nitrogen and oxygen atoms in total. The van der Waals surface area contributed by atoms with Gasteiger partial charge in [-0.25, -0.2) is 24.2 Å². The normalized spacial score (nSPS) is 15.4. The molecule has 34 heavy (non-hydrogen) atoms. The molecule has 1 atom stereocenters. The van der Waals surface area contributed by atoms with Crippen LogP contribution in [-0.4, -0.2) is 44.3 Å². The fourth-order valence-corrected chi connectivity index (χ4v) is 4.16. The number of hydrogen-bond donors (Lipinski definition) is 0. The van der Waals surface area contributed by atoms with Gasteiger partial charge in [-0.3, -0.25) is 0 Å². The average molecular weight is 462 g/mol. The van der Waals surface area contributed by atoms with E-state index in [1.807, 2.05) is 35.0 Å². The van der Waals surface area contributed by atoms with Crippen LogP contribution in [0.3, 0.4) is 0 Å². The van der Waals surface area contributed by atoms with Gasteiger partial charge in [-0.05, 0) is 44.2 Å². The van der Waals surface area contributed by atoms with Crippen molar-refractivity contribution < 1.29 is 13.9 Å². The Morgan fingerprint density at radius 1 is 1.21 bits per heavy atom. The van der Waals surface area contributed by atoms with E-state index in [2.05, 4.69) is 26.8 Å². The molecule has 0 N–H and O–H groups in total. The fraction of sp³-hybridized carbons (Fsp3) is 0.292. The summed E-state index contributed by atoms with van der Waals surface area (Å²) in [6, 6.07) is 11.7. The molecule has 1 aliphatic heterocycles. The molecule has 0 spiro atoms. The zero-order valence-electron chi connectivity index (χ0n) is 18.9. The molecule has 3 heterocycles. The number of rotatable bonds is 7. The highest BCUT2D eigenvalue weighted by molar-refractivity contribution is 5.81. The Balaban J connectivity index is 1.43. The number of aromatic nitrogens is 4. The smallest absolute Gasteiger partial charge is 0.334 e. The lowest BCUT2D eigenvalue weighted by atomic mass is 10.2. The molecule has 0 amide bonds. The van der Waals surface area contributed by atoms with Crippen molar-refractivity contribution in [3.63, 3.8) is 0 Å². The molecule has 4 aromatic rings. The van der Waals surface area contributed by atoms with E-state index in [4.69, 9.17) is 9.72 Å². The van der Waals surface area contributed by atoms with E-state index in [-0.39, 0.29) is 11.8 Å². The summed E-state index contributed by atoms with van der Waals surface area (Å²) < 4.78 is 22.9. The second-order valence-corrected chi connectivity index (χ2v) is 7.89. The SMILES string of the molecule is CCOC(=O)C1CN(c2ccc3c(c2)nc(Cn2ccnc2-c2cccc(F)c2)n3CC)N=N1. The van der Waals surface area contributed by atoms with Gasteiger partial charge in [0.15, 0.2) is 6.04 Å². The lowest BCUT2D eigenvalue weighted by Crippen LogP contribution is -2.28. The molecule has 0 fully saturated rings. The number of fused-ring (bicyclic) bond motifs is 1. The summed E-state index contributed by atoms with van der Waals surface area (Å²) in [6.45, 7) is 5.70. The van der Waals surface area contributed by atoms with Crippen LogP contribution in [0.4, 0.5) is 10.1 Å². The number of anilines is 1. The highest BCUT2D eigenvalue weighted by Gasteiger charge is 2.28.